The van der Waals surface area contributed by atoms with Gasteiger partial charge in [-0.1, -0.05) is 137 Å². The molecule has 0 saturated carbocycles. The number of hydrogen-bond donors (Lipinski definition) is 1. The maximum Gasteiger partial charge on any atom is 0.162 e. The molecular formula is C53H66IrNO3-. The summed E-state index contributed by atoms with van der Waals surface area (Å²) in [5.74, 6) is 1.87. The van der Waals surface area contributed by atoms with E-state index in [1.165, 1.54) is 44.8 Å². The summed E-state index contributed by atoms with van der Waals surface area (Å²) in [5.41, 5.74) is 11.6. The van der Waals surface area contributed by atoms with Crippen LogP contribution < -0.4 is 0 Å². The van der Waals surface area contributed by atoms with Crippen molar-refractivity contribution in [2.24, 2.45) is 11.8 Å². The third-order valence-corrected chi connectivity index (χ3v) is 11.7. The molecule has 4 nitrogen and oxygen atoms in total. The maximum atomic E-state index is 11.7. The van der Waals surface area contributed by atoms with Crippen LogP contribution in [0, 0.1) is 17.9 Å². The van der Waals surface area contributed by atoms with Gasteiger partial charge in [0.1, 0.15) is 11.2 Å². The Balaban J connectivity index is 0.000000398. The molecule has 0 unspecified atom stereocenters. The summed E-state index contributed by atoms with van der Waals surface area (Å²) in [5, 5.41) is 14.3. The van der Waals surface area contributed by atoms with Crippen molar-refractivity contribution < 1.29 is 34.4 Å². The molecule has 0 bridgehead atoms. The first-order valence-corrected chi connectivity index (χ1v) is 21.4. The van der Waals surface area contributed by atoms with Crippen molar-refractivity contribution in [3.63, 3.8) is 0 Å². The fourth-order valence-electron chi connectivity index (χ4n) is 8.10. The number of furan rings is 1. The predicted octanol–water partition coefficient (Wildman–Crippen LogP) is 15.8. The van der Waals surface area contributed by atoms with Crippen molar-refractivity contribution in [1.82, 2.24) is 4.98 Å². The SMILES string of the molecule is CC(C)c1cc(C(C)C)c(-c2ccc3c(c2)oc2c(-c4[c-]c5ccccc5c(C(C)(C)C)c4)nccc23)c(C(C)C)c1.CCC(CC)C(=O)/C=C(\O)C(CC)CC.[Ir]. The molecule has 1 N–H and O–H groups in total. The van der Waals surface area contributed by atoms with E-state index in [0.717, 1.165) is 64.3 Å². The number of rotatable bonds is 12. The smallest absolute Gasteiger partial charge is 0.162 e. The zero-order chi connectivity index (χ0) is 41.8. The average molecular weight is 957 g/mol. The van der Waals surface area contributed by atoms with Crippen LogP contribution in [-0.4, -0.2) is 15.9 Å². The summed E-state index contributed by atoms with van der Waals surface area (Å²) in [4.78, 5) is 16.6. The first-order chi connectivity index (χ1) is 27.0. The number of fused-ring (bicyclic) bond motifs is 4. The third kappa shape index (κ3) is 10.0. The molecule has 5 heteroatoms. The molecule has 0 aliphatic rings. The van der Waals surface area contributed by atoms with E-state index >= 15 is 0 Å². The molecule has 0 spiro atoms. The van der Waals surface area contributed by atoms with Crippen molar-refractivity contribution in [3.05, 3.63) is 113 Å². The van der Waals surface area contributed by atoms with Gasteiger partial charge in [0.25, 0.3) is 0 Å². The van der Waals surface area contributed by atoms with Gasteiger partial charge in [-0.25, -0.2) is 0 Å². The summed E-state index contributed by atoms with van der Waals surface area (Å²) in [6.07, 6.45) is 6.81. The Morgan fingerprint density at radius 3 is 1.91 bits per heavy atom. The molecule has 0 fully saturated rings. The van der Waals surface area contributed by atoms with Gasteiger partial charge in [0.15, 0.2) is 5.78 Å². The topological polar surface area (TPSA) is 63.3 Å². The number of aromatic nitrogens is 1. The van der Waals surface area contributed by atoms with Crippen LogP contribution in [0.15, 0.2) is 89.2 Å². The van der Waals surface area contributed by atoms with E-state index in [2.05, 4.69) is 135 Å². The van der Waals surface area contributed by atoms with Crippen molar-refractivity contribution in [2.75, 3.05) is 0 Å². The van der Waals surface area contributed by atoms with E-state index in [-0.39, 0.29) is 48.9 Å². The molecule has 6 rings (SSSR count). The summed E-state index contributed by atoms with van der Waals surface area (Å²) < 4.78 is 6.72. The van der Waals surface area contributed by atoms with Gasteiger partial charge in [0.05, 0.1) is 5.76 Å². The molecule has 0 aliphatic carbocycles. The third-order valence-electron chi connectivity index (χ3n) is 11.7. The zero-order valence-electron chi connectivity index (χ0n) is 37.3. The quantitative estimate of drug-likeness (QED) is 0.0754. The summed E-state index contributed by atoms with van der Waals surface area (Å²) in [7, 11) is 0. The number of aliphatic hydroxyl groups is 1. The van der Waals surface area contributed by atoms with Crippen LogP contribution in [-0.2, 0) is 30.3 Å². The standard InChI is InChI=1S/C40H42NO.C13H24O2.Ir/c1-23(2)28-19-33(24(3)4)37(34(20-28)25(5)6)27-14-15-31-32-16-17-41-38(39(32)42-36(31)22-27)29-18-26-12-10-11-13-30(26)35(21-29)40(7,8)9;1-5-10(6-2)12(14)9-13(15)11(7-3)8-4;/h10-17,19-25H,1-9H3;9-11,14H,5-8H2,1-4H3;/q-1;;/b;12-9-;. The molecule has 1 radical (unpaired) electrons. The van der Waals surface area contributed by atoms with Gasteiger partial charge in [-0.15, -0.1) is 29.1 Å². The Kier molecular flexibility index (Phi) is 15.9. The molecule has 2 aromatic heterocycles. The normalized spacial score (nSPS) is 12.3. The van der Waals surface area contributed by atoms with Crippen LogP contribution in [0.5, 0.6) is 0 Å². The number of hydrogen-bond acceptors (Lipinski definition) is 4. The molecule has 0 amide bonds. The first-order valence-electron chi connectivity index (χ1n) is 21.4. The number of pyridine rings is 1. The second kappa shape index (κ2) is 19.8. The number of ketones is 1. The Hall–Kier alpha value is -4.05. The van der Waals surface area contributed by atoms with Crippen molar-refractivity contribution in [3.8, 4) is 22.4 Å². The van der Waals surface area contributed by atoms with Crippen LogP contribution >= 0.6 is 0 Å². The molecule has 311 valence electrons. The van der Waals surface area contributed by atoms with E-state index in [0.29, 0.717) is 17.8 Å². The predicted molar refractivity (Wildman–Crippen MR) is 244 cm³/mol. The number of aliphatic hydroxyl groups excluding tert-OH is 1. The molecule has 0 aliphatic heterocycles. The molecule has 4 aromatic carbocycles. The number of nitrogens with zero attached hydrogens (tertiary/aromatic N) is 1. The summed E-state index contributed by atoms with van der Waals surface area (Å²) in [6.45, 7) is 28.6. The Bertz CT molecular complexity index is 2330. The van der Waals surface area contributed by atoms with Crippen LogP contribution in [0.25, 0.3) is 55.1 Å². The Labute approximate surface area is 362 Å². The van der Waals surface area contributed by atoms with Gasteiger partial charge >= 0.3 is 0 Å². The average Bonchev–Trinajstić information content (AvgIpc) is 3.55. The van der Waals surface area contributed by atoms with Crippen molar-refractivity contribution in [1.29, 1.82) is 0 Å². The van der Waals surface area contributed by atoms with E-state index in [4.69, 9.17) is 9.40 Å². The van der Waals surface area contributed by atoms with Gasteiger partial charge < -0.3 is 9.52 Å². The fourth-order valence-corrected chi connectivity index (χ4v) is 8.10. The van der Waals surface area contributed by atoms with E-state index in [9.17, 15) is 9.90 Å². The van der Waals surface area contributed by atoms with E-state index in [1.54, 1.807) is 0 Å². The van der Waals surface area contributed by atoms with Gasteiger partial charge in [0.2, 0.25) is 0 Å². The van der Waals surface area contributed by atoms with Crippen LogP contribution in [0.4, 0.5) is 0 Å². The minimum Gasteiger partial charge on any atom is -0.512 e. The molecule has 6 aromatic rings. The van der Waals surface area contributed by atoms with Crippen molar-refractivity contribution >= 4 is 38.5 Å². The molecule has 0 saturated heterocycles. The fraction of sp³-hybridized carbons (Fsp3) is 0.434. The molecule has 0 atom stereocenters. The van der Waals surface area contributed by atoms with Crippen molar-refractivity contribution in [2.45, 2.75) is 139 Å². The van der Waals surface area contributed by atoms with Gasteiger partial charge in [-0.3, -0.25) is 9.78 Å². The van der Waals surface area contributed by atoms with Gasteiger partial charge in [-0.05, 0) is 94.9 Å². The van der Waals surface area contributed by atoms with E-state index < -0.39 is 0 Å². The second-order valence-corrected chi connectivity index (χ2v) is 17.8. The Morgan fingerprint density at radius 2 is 1.36 bits per heavy atom. The van der Waals surface area contributed by atoms with Crippen LogP contribution in [0.1, 0.15) is 156 Å². The number of benzene rings is 4. The van der Waals surface area contributed by atoms with Crippen LogP contribution in [0.3, 0.4) is 0 Å². The van der Waals surface area contributed by atoms with Gasteiger partial charge in [-0.2, -0.15) is 0 Å². The minimum atomic E-state index is -0.0203. The molecule has 2 heterocycles. The number of carbonyl (C=O) groups excluding carboxylic acids is 1. The van der Waals surface area contributed by atoms with Crippen LogP contribution in [0.2, 0.25) is 0 Å². The number of carbonyl (C=O) groups is 1. The molecular weight excluding hydrogens is 891 g/mol. The summed E-state index contributed by atoms with van der Waals surface area (Å²) in [6, 6.07) is 28.1. The van der Waals surface area contributed by atoms with Gasteiger partial charge in [0, 0.05) is 60.7 Å². The first kappa shape index (κ1) is 46.6. The largest absolute Gasteiger partial charge is 0.512 e. The zero-order valence-corrected chi connectivity index (χ0v) is 39.7. The monoisotopic (exact) mass is 957 g/mol. The maximum absolute atomic E-state index is 11.7. The van der Waals surface area contributed by atoms with E-state index in [1.807, 2.05) is 33.9 Å². The Morgan fingerprint density at radius 1 is 0.759 bits per heavy atom. The minimum absolute atomic E-state index is 0. The molecule has 58 heavy (non-hydrogen) atoms. The summed E-state index contributed by atoms with van der Waals surface area (Å²) >= 11 is 0. The number of allylic oxidation sites excluding steroid dienone is 2. The second-order valence-electron chi connectivity index (χ2n) is 17.8.